The van der Waals surface area contributed by atoms with E-state index in [0.717, 1.165) is 6.07 Å². The van der Waals surface area contributed by atoms with Gasteiger partial charge in [0, 0.05) is 4.88 Å². The molecule has 0 aliphatic heterocycles. The van der Waals surface area contributed by atoms with Crippen LogP contribution in [-0.4, -0.2) is 17.9 Å². The predicted octanol–water partition coefficient (Wildman–Crippen LogP) is 4.43. The van der Waals surface area contributed by atoms with Crippen LogP contribution in [0.2, 0.25) is 0 Å². The summed E-state index contributed by atoms with van der Waals surface area (Å²) in [6.45, 7) is 5.32. The molecule has 0 aliphatic rings. The number of thiophene rings is 1. The maximum atomic E-state index is 12.8. The van der Waals surface area contributed by atoms with Crippen molar-refractivity contribution in [3.8, 4) is 0 Å². The summed E-state index contributed by atoms with van der Waals surface area (Å²) in [5.74, 6) is -7.54. The van der Waals surface area contributed by atoms with Gasteiger partial charge >= 0.3 is 12.1 Å². The molecule has 0 aromatic carbocycles. The van der Waals surface area contributed by atoms with E-state index in [0.29, 0.717) is 16.2 Å². The van der Waals surface area contributed by atoms with E-state index >= 15 is 0 Å². The van der Waals surface area contributed by atoms with Gasteiger partial charge in [-0.1, -0.05) is 20.8 Å². The monoisotopic (exact) mass is 286 g/mol. The maximum absolute atomic E-state index is 12.8. The van der Waals surface area contributed by atoms with E-state index < -0.39 is 28.2 Å². The lowest BCUT2D eigenvalue weighted by Crippen LogP contribution is -2.43. The molecule has 0 fully saturated rings. The molecule has 0 saturated carbocycles. The number of hydrogen-bond donors (Lipinski definition) is 0. The van der Waals surface area contributed by atoms with E-state index in [1.54, 1.807) is 20.8 Å². The van der Waals surface area contributed by atoms with Gasteiger partial charge in [0.05, 0.1) is 4.88 Å². The molecule has 1 aromatic heterocycles. The molecular formula is C11H11F5OS. The van der Waals surface area contributed by atoms with Gasteiger partial charge in [-0.15, -0.1) is 11.3 Å². The van der Waals surface area contributed by atoms with E-state index in [1.807, 2.05) is 0 Å². The fourth-order valence-corrected chi connectivity index (χ4v) is 2.18. The summed E-state index contributed by atoms with van der Waals surface area (Å²) in [7, 11) is 0. The summed E-state index contributed by atoms with van der Waals surface area (Å²) in [5.41, 5.74) is -0.406. The van der Waals surface area contributed by atoms with E-state index in [-0.39, 0.29) is 0 Å². The van der Waals surface area contributed by atoms with Crippen molar-refractivity contribution in [2.75, 3.05) is 0 Å². The molecule has 0 aliphatic carbocycles. The molecule has 7 heteroatoms. The molecule has 0 saturated heterocycles. The second-order valence-corrected chi connectivity index (χ2v) is 5.90. The summed E-state index contributed by atoms with van der Waals surface area (Å²) in [6.07, 6.45) is -5.87. The largest absolute Gasteiger partial charge is 0.461 e. The van der Waals surface area contributed by atoms with Crippen LogP contribution in [-0.2, 0) is 5.41 Å². The third-order valence-electron chi connectivity index (χ3n) is 2.21. The molecule has 0 atom stereocenters. The first kappa shape index (κ1) is 15.1. The Hall–Kier alpha value is -0.980. The first-order valence-electron chi connectivity index (χ1n) is 4.97. The fourth-order valence-electron chi connectivity index (χ4n) is 1.15. The highest BCUT2D eigenvalue weighted by atomic mass is 32.1. The predicted molar refractivity (Wildman–Crippen MR) is 58.4 cm³/mol. The van der Waals surface area contributed by atoms with Crippen molar-refractivity contribution in [2.45, 2.75) is 38.3 Å². The van der Waals surface area contributed by atoms with Crippen LogP contribution in [0.3, 0.4) is 0 Å². The minimum absolute atomic E-state index is 0.406. The van der Waals surface area contributed by atoms with Crippen molar-refractivity contribution in [1.82, 2.24) is 0 Å². The molecule has 102 valence electrons. The van der Waals surface area contributed by atoms with Gasteiger partial charge in [0.25, 0.3) is 5.78 Å². The molecule has 0 bridgehead atoms. The van der Waals surface area contributed by atoms with Crippen molar-refractivity contribution in [3.05, 3.63) is 21.9 Å². The van der Waals surface area contributed by atoms with E-state index in [4.69, 9.17) is 0 Å². The SMILES string of the molecule is CC(C)(C)c1ccc(C(=O)C(F)(F)C(F)(F)F)s1. The lowest BCUT2D eigenvalue weighted by molar-refractivity contribution is -0.255. The number of hydrogen-bond acceptors (Lipinski definition) is 2. The topological polar surface area (TPSA) is 17.1 Å². The van der Waals surface area contributed by atoms with Crippen LogP contribution in [0.1, 0.15) is 35.3 Å². The Kier molecular flexibility index (Phi) is 3.60. The molecule has 1 nitrogen and oxygen atoms in total. The third-order valence-corrected chi connectivity index (χ3v) is 3.72. The van der Waals surface area contributed by atoms with Crippen molar-refractivity contribution >= 4 is 17.1 Å². The summed E-state index contributed by atoms with van der Waals surface area (Å²) >= 11 is 0.661. The van der Waals surface area contributed by atoms with Crippen molar-refractivity contribution in [2.24, 2.45) is 0 Å². The molecule has 1 rings (SSSR count). The van der Waals surface area contributed by atoms with Crippen molar-refractivity contribution in [3.63, 3.8) is 0 Å². The van der Waals surface area contributed by atoms with E-state index in [2.05, 4.69) is 0 Å². The Morgan fingerprint density at radius 1 is 1.06 bits per heavy atom. The lowest BCUT2D eigenvalue weighted by Gasteiger charge is -2.17. The third kappa shape index (κ3) is 2.71. The minimum atomic E-state index is -5.87. The Morgan fingerprint density at radius 3 is 1.89 bits per heavy atom. The van der Waals surface area contributed by atoms with Crippen LogP contribution in [0.25, 0.3) is 0 Å². The Bertz CT molecular complexity index is 453. The standard InChI is InChI=1S/C11H11F5OS/c1-9(2,3)7-5-4-6(18-7)8(17)10(12,13)11(14,15)16/h4-5H,1-3H3. The number of rotatable bonds is 2. The molecule has 0 unspecified atom stereocenters. The lowest BCUT2D eigenvalue weighted by atomic mass is 9.95. The fraction of sp³-hybridized carbons (Fsp3) is 0.545. The molecule has 0 N–H and O–H groups in total. The number of ketones is 1. The summed E-state index contributed by atoms with van der Waals surface area (Å²) < 4.78 is 61.8. The van der Waals surface area contributed by atoms with Crippen LogP contribution in [0.5, 0.6) is 0 Å². The first-order valence-corrected chi connectivity index (χ1v) is 5.78. The van der Waals surface area contributed by atoms with Gasteiger partial charge < -0.3 is 0 Å². The van der Waals surface area contributed by atoms with Gasteiger partial charge in [0.2, 0.25) is 0 Å². The first-order chi connectivity index (χ1) is 7.87. The Labute approximate surface area is 105 Å². The van der Waals surface area contributed by atoms with Gasteiger partial charge in [0.15, 0.2) is 0 Å². The van der Waals surface area contributed by atoms with Gasteiger partial charge in [-0.05, 0) is 17.5 Å². The molecule has 0 radical (unpaired) electrons. The number of carbonyl (C=O) groups is 1. The highest BCUT2D eigenvalue weighted by Crippen LogP contribution is 2.40. The Balaban J connectivity index is 3.10. The van der Waals surface area contributed by atoms with Gasteiger partial charge in [-0.25, -0.2) is 0 Å². The zero-order valence-electron chi connectivity index (χ0n) is 9.86. The highest BCUT2D eigenvalue weighted by molar-refractivity contribution is 7.14. The van der Waals surface area contributed by atoms with Crippen LogP contribution < -0.4 is 0 Å². The highest BCUT2D eigenvalue weighted by Gasteiger charge is 2.63. The zero-order valence-corrected chi connectivity index (χ0v) is 10.7. The number of Topliss-reactive ketones (excluding diaryl/α,β-unsaturated/α-hetero) is 1. The number of alkyl halides is 5. The maximum Gasteiger partial charge on any atom is 0.461 e. The quantitative estimate of drug-likeness (QED) is 0.581. The van der Waals surface area contributed by atoms with E-state index in [1.165, 1.54) is 6.07 Å². The van der Waals surface area contributed by atoms with Gasteiger partial charge in [-0.3, -0.25) is 4.79 Å². The average Bonchev–Trinajstić information content (AvgIpc) is 2.62. The zero-order chi connectivity index (χ0) is 14.4. The second kappa shape index (κ2) is 4.29. The Morgan fingerprint density at radius 2 is 1.56 bits per heavy atom. The van der Waals surface area contributed by atoms with Crippen LogP contribution >= 0.6 is 11.3 Å². The van der Waals surface area contributed by atoms with Crippen LogP contribution in [0, 0.1) is 0 Å². The molecule has 18 heavy (non-hydrogen) atoms. The van der Waals surface area contributed by atoms with E-state index in [9.17, 15) is 26.7 Å². The summed E-state index contributed by atoms with van der Waals surface area (Å²) in [5, 5.41) is 0. The molecule has 0 amide bonds. The molecular weight excluding hydrogens is 275 g/mol. The normalized spacial score (nSPS) is 13.8. The number of halogens is 5. The number of carbonyl (C=O) groups excluding carboxylic acids is 1. The molecule has 0 spiro atoms. The summed E-state index contributed by atoms with van der Waals surface area (Å²) in [4.78, 5) is 11.2. The van der Waals surface area contributed by atoms with Gasteiger partial charge in [0.1, 0.15) is 0 Å². The second-order valence-electron chi connectivity index (χ2n) is 4.82. The molecule has 1 aromatic rings. The van der Waals surface area contributed by atoms with Gasteiger partial charge in [-0.2, -0.15) is 22.0 Å². The minimum Gasteiger partial charge on any atom is -0.286 e. The van der Waals surface area contributed by atoms with Crippen molar-refractivity contribution < 1.29 is 26.7 Å². The molecule has 1 heterocycles. The van der Waals surface area contributed by atoms with Crippen molar-refractivity contribution in [1.29, 1.82) is 0 Å². The average molecular weight is 286 g/mol. The van der Waals surface area contributed by atoms with Crippen LogP contribution in [0.4, 0.5) is 22.0 Å². The van der Waals surface area contributed by atoms with Crippen LogP contribution in [0.15, 0.2) is 12.1 Å². The smallest absolute Gasteiger partial charge is 0.286 e. The summed E-state index contributed by atoms with van der Waals surface area (Å²) in [6, 6.07) is 2.40.